The minimum Gasteiger partial charge on any atom is -0.397 e. The van der Waals surface area contributed by atoms with Crippen LogP contribution in [0.15, 0.2) is 72.8 Å². The molecule has 2 aliphatic rings. The Kier molecular flexibility index (Phi) is 12.0. The lowest BCUT2D eigenvalue weighted by Gasteiger charge is -2.39. The summed E-state index contributed by atoms with van der Waals surface area (Å²) in [5.74, 6) is -0.130. The molecule has 0 aromatic heterocycles. The van der Waals surface area contributed by atoms with E-state index in [2.05, 4.69) is 15.5 Å². The third-order valence-electron chi connectivity index (χ3n) is 8.53. The van der Waals surface area contributed by atoms with E-state index in [1.807, 2.05) is 60.7 Å². The van der Waals surface area contributed by atoms with E-state index in [0.717, 1.165) is 54.9 Å². The number of carbonyl (C=O) groups is 2. The van der Waals surface area contributed by atoms with Crippen molar-refractivity contribution in [2.75, 3.05) is 36.0 Å². The molecule has 5 rings (SSSR count). The number of unbranched alkanes of at least 4 members (excludes halogenated alkanes) is 2. The number of piperidine rings is 1. The second-order valence-corrected chi connectivity index (χ2v) is 12.1. The molecule has 3 aromatic rings. The molecule has 45 heavy (non-hydrogen) atoms. The minimum absolute atomic E-state index is 0.0161. The second kappa shape index (κ2) is 16.5. The number of para-hydroxylation sites is 2. The van der Waals surface area contributed by atoms with Gasteiger partial charge in [-0.2, -0.15) is 0 Å². The molecule has 2 fully saturated rings. The lowest BCUT2D eigenvalue weighted by molar-refractivity contribution is -0.253. The first kappa shape index (κ1) is 32.6. The van der Waals surface area contributed by atoms with Gasteiger partial charge < -0.3 is 35.8 Å². The maximum Gasteiger partial charge on any atom is 0.224 e. The van der Waals surface area contributed by atoms with Crippen LogP contribution in [0.5, 0.6) is 0 Å². The first-order valence-electron chi connectivity index (χ1n) is 16.2. The monoisotopic (exact) mass is 614 g/mol. The molecule has 2 saturated heterocycles. The van der Waals surface area contributed by atoms with Crippen molar-refractivity contribution in [3.8, 4) is 0 Å². The summed E-state index contributed by atoms with van der Waals surface area (Å²) in [7, 11) is 0. The van der Waals surface area contributed by atoms with Gasteiger partial charge >= 0.3 is 0 Å². The van der Waals surface area contributed by atoms with Gasteiger partial charge in [-0.15, -0.1) is 0 Å². The highest BCUT2D eigenvalue weighted by molar-refractivity contribution is 5.93. The number of carbonyl (C=O) groups excluding carboxylic acids is 2. The third kappa shape index (κ3) is 9.86. The lowest BCUT2D eigenvalue weighted by Crippen LogP contribution is -2.41. The minimum atomic E-state index is -0.517. The topological polar surface area (TPSA) is 126 Å². The number of anilines is 3. The Hall–Kier alpha value is -3.76. The Bertz CT molecular complexity index is 1370. The number of nitrogens with two attached hydrogens (primary N) is 1. The van der Waals surface area contributed by atoms with Crippen LogP contribution >= 0.6 is 0 Å². The Morgan fingerprint density at radius 2 is 1.47 bits per heavy atom. The largest absolute Gasteiger partial charge is 0.397 e. The van der Waals surface area contributed by atoms with Crippen molar-refractivity contribution in [3.63, 3.8) is 0 Å². The fourth-order valence-corrected chi connectivity index (χ4v) is 5.98. The van der Waals surface area contributed by atoms with E-state index in [1.165, 1.54) is 19.3 Å². The molecule has 0 radical (unpaired) electrons. The summed E-state index contributed by atoms with van der Waals surface area (Å²) >= 11 is 0. The number of aliphatic hydroxyl groups excluding tert-OH is 1. The van der Waals surface area contributed by atoms with Crippen LogP contribution in [0, 0.1) is 0 Å². The maximum absolute atomic E-state index is 12.6. The van der Waals surface area contributed by atoms with Gasteiger partial charge in [0.15, 0.2) is 6.29 Å². The van der Waals surface area contributed by atoms with Crippen molar-refractivity contribution < 1.29 is 24.2 Å². The zero-order valence-electron chi connectivity index (χ0n) is 26.0. The highest BCUT2D eigenvalue weighted by atomic mass is 16.7. The number of benzene rings is 3. The molecule has 2 amide bonds. The summed E-state index contributed by atoms with van der Waals surface area (Å²) in [4.78, 5) is 27.3. The number of aliphatic hydroxyl groups is 1. The van der Waals surface area contributed by atoms with Crippen LogP contribution in [0.3, 0.4) is 0 Å². The zero-order valence-corrected chi connectivity index (χ0v) is 26.0. The van der Waals surface area contributed by atoms with Crippen LogP contribution in [-0.2, 0) is 25.7 Å². The number of nitrogens with zero attached hydrogens (tertiary/aromatic N) is 1. The molecule has 0 aliphatic carbocycles. The quantitative estimate of drug-likeness (QED) is 0.131. The third-order valence-corrected chi connectivity index (χ3v) is 8.53. The Morgan fingerprint density at radius 1 is 0.800 bits per heavy atom. The number of rotatable bonds is 13. The molecule has 3 aromatic carbocycles. The van der Waals surface area contributed by atoms with Crippen LogP contribution in [0.4, 0.5) is 17.1 Å². The molecule has 2 heterocycles. The summed E-state index contributed by atoms with van der Waals surface area (Å²) in [5.41, 5.74) is 10.6. The van der Waals surface area contributed by atoms with Crippen molar-refractivity contribution in [1.29, 1.82) is 0 Å². The molecule has 9 nitrogen and oxygen atoms in total. The molecule has 0 bridgehead atoms. The SMILES string of the molecule is Nc1ccccc1NC(=O)CCCCCC(=O)Nc1ccc([C@H]2O[C@@H](CN3CCCCC3)C[C@@H](c3ccc(CO)cc3)O2)cc1. The van der Waals surface area contributed by atoms with Crippen LogP contribution in [0.25, 0.3) is 0 Å². The molecule has 0 spiro atoms. The number of hydrogen-bond donors (Lipinski definition) is 4. The number of amides is 2. The van der Waals surface area contributed by atoms with Crippen LogP contribution < -0.4 is 16.4 Å². The van der Waals surface area contributed by atoms with Crippen molar-refractivity contribution in [2.45, 2.75) is 82.9 Å². The standard InChI is InChI=1S/C36H46N4O5/c37-31-9-5-6-10-32(31)39-35(43)12-4-1-3-11-34(42)38-29-19-17-28(18-20-29)36-44-30(24-40-21-7-2-8-22-40)23-33(45-36)27-15-13-26(25-41)14-16-27/h5-6,9-10,13-20,30,33,36,41H,1-4,7-8,11-12,21-25,37H2,(H,38,42)(H,39,43)/t30-,33+,36+/m1/s1. The second-order valence-electron chi connectivity index (χ2n) is 12.1. The van der Waals surface area contributed by atoms with E-state index in [0.29, 0.717) is 37.1 Å². The number of likely N-dealkylation sites (tertiary alicyclic amines) is 1. The number of ether oxygens (including phenoxy) is 2. The first-order chi connectivity index (χ1) is 22.0. The van der Waals surface area contributed by atoms with Crippen molar-refractivity contribution in [3.05, 3.63) is 89.5 Å². The Labute approximate surface area is 266 Å². The number of nitrogen functional groups attached to an aromatic ring is 1. The number of nitrogens with one attached hydrogen (secondary N) is 2. The zero-order chi connectivity index (χ0) is 31.4. The summed E-state index contributed by atoms with van der Waals surface area (Å²) in [6.07, 6.45) is 6.88. The molecule has 0 unspecified atom stereocenters. The van der Waals surface area contributed by atoms with Crippen molar-refractivity contribution >= 4 is 28.9 Å². The van der Waals surface area contributed by atoms with Crippen molar-refractivity contribution in [1.82, 2.24) is 4.90 Å². The summed E-state index contributed by atoms with van der Waals surface area (Å²) < 4.78 is 13.0. The first-order valence-corrected chi connectivity index (χ1v) is 16.2. The van der Waals surface area contributed by atoms with Gasteiger partial charge in [-0.3, -0.25) is 9.59 Å². The van der Waals surface area contributed by atoms with Gasteiger partial charge in [-0.1, -0.05) is 61.4 Å². The van der Waals surface area contributed by atoms with Gasteiger partial charge in [-0.05, 0) is 74.2 Å². The predicted octanol–water partition coefficient (Wildman–Crippen LogP) is 6.32. The fourth-order valence-electron chi connectivity index (χ4n) is 5.98. The van der Waals surface area contributed by atoms with Crippen LogP contribution in [-0.4, -0.2) is 47.6 Å². The van der Waals surface area contributed by atoms with E-state index in [4.69, 9.17) is 15.2 Å². The summed E-state index contributed by atoms with van der Waals surface area (Å²) in [6.45, 7) is 3.11. The Balaban J connectivity index is 1.10. The normalized spacial score (nSPS) is 20.4. The van der Waals surface area contributed by atoms with Gasteiger partial charge in [0.1, 0.15) is 0 Å². The molecule has 2 aliphatic heterocycles. The maximum atomic E-state index is 12.6. The average molecular weight is 615 g/mol. The highest BCUT2D eigenvalue weighted by Crippen LogP contribution is 2.38. The predicted molar refractivity (Wildman–Crippen MR) is 176 cm³/mol. The van der Waals surface area contributed by atoms with Gasteiger partial charge in [0.2, 0.25) is 11.8 Å². The molecule has 9 heteroatoms. The van der Waals surface area contributed by atoms with Crippen LogP contribution in [0.2, 0.25) is 0 Å². The van der Waals surface area contributed by atoms with Gasteiger partial charge in [-0.25, -0.2) is 0 Å². The van der Waals surface area contributed by atoms with Crippen LogP contribution in [0.1, 0.15) is 86.9 Å². The molecular formula is C36H46N4O5. The summed E-state index contributed by atoms with van der Waals surface area (Å²) in [6, 6.07) is 22.8. The average Bonchev–Trinajstić information content (AvgIpc) is 3.06. The van der Waals surface area contributed by atoms with E-state index >= 15 is 0 Å². The van der Waals surface area contributed by atoms with Gasteiger partial charge in [0.05, 0.1) is 30.2 Å². The number of hydrogen-bond acceptors (Lipinski definition) is 7. The lowest BCUT2D eigenvalue weighted by atomic mass is 9.99. The smallest absolute Gasteiger partial charge is 0.224 e. The van der Waals surface area contributed by atoms with E-state index in [9.17, 15) is 14.7 Å². The molecule has 0 saturated carbocycles. The molecule has 5 N–H and O–H groups in total. The molecular weight excluding hydrogens is 568 g/mol. The Morgan fingerprint density at radius 3 is 2.16 bits per heavy atom. The molecule has 240 valence electrons. The fraction of sp³-hybridized carbons (Fsp3) is 0.444. The van der Waals surface area contributed by atoms with E-state index in [1.54, 1.807) is 12.1 Å². The van der Waals surface area contributed by atoms with E-state index in [-0.39, 0.29) is 30.6 Å². The molecule has 3 atom stereocenters. The highest BCUT2D eigenvalue weighted by Gasteiger charge is 2.33. The van der Waals surface area contributed by atoms with Crippen molar-refractivity contribution in [2.24, 2.45) is 0 Å². The van der Waals surface area contributed by atoms with Gasteiger partial charge in [0, 0.05) is 37.1 Å². The summed E-state index contributed by atoms with van der Waals surface area (Å²) in [5, 5.41) is 15.3. The van der Waals surface area contributed by atoms with E-state index < -0.39 is 6.29 Å². The van der Waals surface area contributed by atoms with Gasteiger partial charge in [0.25, 0.3) is 0 Å².